The number of ketones is 1. The summed E-state index contributed by atoms with van der Waals surface area (Å²) < 4.78 is 46.3. The summed E-state index contributed by atoms with van der Waals surface area (Å²) in [6, 6.07) is 10.5. The molecule has 0 radical (unpaired) electrons. The fourth-order valence-electron chi connectivity index (χ4n) is 3.21. The maximum Gasteiger partial charge on any atom is 0.437 e. The number of carbonyl (C=O) groups excluding carboxylic acids is 2. The Kier molecular flexibility index (Phi) is 5.03. The first-order chi connectivity index (χ1) is 13.2. The first-order valence-corrected chi connectivity index (χ1v) is 8.28. The van der Waals surface area contributed by atoms with Gasteiger partial charge in [-0.1, -0.05) is 42.5 Å². The number of halogens is 3. The molecular formula is C19H17F3N2O4. The first kappa shape index (κ1) is 19.7. The van der Waals surface area contributed by atoms with E-state index < -0.39 is 35.7 Å². The number of amides is 2. The quantitative estimate of drug-likeness (QED) is 0.696. The number of urea groups is 1. The molecule has 3 atom stereocenters. The van der Waals surface area contributed by atoms with E-state index in [9.17, 15) is 27.9 Å². The van der Waals surface area contributed by atoms with Crippen molar-refractivity contribution in [2.24, 2.45) is 5.92 Å². The maximum atomic E-state index is 13.8. The molecule has 0 spiro atoms. The second kappa shape index (κ2) is 7.16. The molecule has 0 aliphatic carbocycles. The van der Waals surface area contributed by atoms with E-state index in [-0.39, 0.29) is 11.1 Å². The van der Waals surface area contributed by atoms with Gasteiger partial charge in [0.15, 0.2) is 5.78 Å². The zero-order chi connectivity index (χ0) is 20.5. The van der Waals surface area contributed by atoms with Crippen molar-refractivity contribution in [3.8, 4) is 5.75 Å². The summed E-state index contributed by atoms with van der Waals surface area (Å²) in [6.07, 6.45) is -5.29. The van der Waals surface area contributed by atoms with Crippen molar-refractivity contribution >= 4 is 11.8 Å². The Bertz CT molecular complexity index is 871. The van der Waals surface area contributed by atoms with Gasteiger partial charge in [0.2, 0.25) is 5.72 Å². The van der Waals surface area contributed by atoms with Crippen molar-refractivity contribution in [3.05, 3.63) is 65.7 Å². The second-order valence-corrected chi connectivity index (χ2v) is 6.32. The number of rotatable bonds is 4. The van der Waals surface area contributed by atoms with Gasteiger partial charge in [0.05, 0.1) is 13.2 Å². The summed E-state index contributed by atoms with van der Waals surface area (Å²) in [4.78, 5) is 24.9. The minimum atomic E-state index is -5.29. The summed E-state index contributed by atoms with van der Waals surface area (Å²) in [7, 11) is 1.42. The van der Waals surface area contributed by atoms with Crippen molar-refractivity contribution in [2.45, 2.75) is 17.9 Å². The molecule has 0 aromatic heterocycles. The summed E-state index contributed by atoms with van der Waals surface area (Å²) >= 11 is 0. The van der Waals surface area contributed by atoms with Crippen molar-refractivity contribution in [2.75, 3.05) is 7.11 Å². The number of hydrogen-bond donors (Lipinski definition) is 3. The predicted molar refractivity (Wildman–Crippen MR) is 92.7 cm³/mol. The molecule has 1 fully saturated rings. The Morgan fingerprint density at radius 2 is 1.71 bits per heavy atom. The summed E-state index contributed by atoms with van der Waals surface area (Å²) in [5.41, 5.74) is -3.55. The van der Waals surface area contributed by atoms with Crippen LogP contribution in [0.15, 0.2) is 54.6 Å². The van der Waals surface area contributed by atoms with Gasteiger partial charge in [-0.25, -0.2) is 4.79 Å². The number of benzene rings is 2. The van der Waals surface area contributed by atoms with Crippen LogP contribution in [0.2, 0.25) is 0 Å². The molecule has 0 unspecified atom stereocenters. The molecule has 28 heavy (non-hydrogen) atoms. The van der Waals surface area contributed by atoms with Gasteiger partial charge in [0.25, 0.3) is 0 Å². The number of ether oxygens (including phenoxy) is 1. The molecule has 2 aromatic carbocycles. The van der Waals surface area contributed by atoms with Gasteiger partial charge in [-0.2, -0.15) is 13.2 Å². The largest absolute Gasteiger partial charge is 0.497 e. The zero-order valence-corrected chi connectivity index (χ0v) is 14.7. The molecule has 0 saturated carbocycles. The Hall–Kier alpha value is -3.07. The third-order valence-corrected chi connectivity index (χ3v) is 4.62. The van der Waals surface area contributed by atoms with Crippen LogP contribution in [0.4, 0.5) is 18.0 Å². The number of hydrogen-bond acceptors (Lipinski definition) is 4. The van der Waals surface area contributed by atoms with Crippen LogP contribution >= 0.6 is 0 Å². The fraction of sp³-hybridized carbons (Fsp3) is 0.263. The van der Waals surface area contributed by atoms with Crippen LogP contribution in [0.5, 0.6) is 5.75 Å². The van der Waals surface area contributed by atoms with Gasteiger partial charge < -0.3 is 20.5 Å². The van der Waals surface area contributed by atoms with Crippen molar-refractivity contribution in [3.63, 3.8) is 0 Å². The summed E-state index contributed by atoms with van der Waals surface area (Å²) in [5.74, 6) is -2.57. The molecule has 0 bridgehead atoms. The lowest BCUT2D eigenvalue weighted by Crippen LogP contribution is -2.72. The smallest absolute Gasteiger partial charge is 0.437 e. The van der Waals surface area contributed by atoms with Crippen LogP contribution in [0, 0.1) is 5.92 Å². The highest BCUT2D eigenvalue weighted by Crippen LogP contribution is 2.44. The van der Waals surface area contributed by atoms with Crippen molar-refractivity contribution < 1.29 is 32.6 Å². The molecule has 3 rings (SSSR count). The summed E-state index contributed by atoms with van der Waals surface area (Å²) in [5, 5.41) is 14.3. The third kappa shape index (κ3) is 3.40. The predicted octanol–water partition coefficient (Wildman–Crippen LogP) is 2.80. The van der Waals surface area contributed by atoms with Gasteiger partial charge in [-0.3, -0.25) is 4.79 Å². The molecule has 1 aliphatic rings. The van der Waals surface area contributed by atoms with E-state index in [1.807, 2.05) is 0 Å². The minimum Gasteiger partial charge on any atom is -0.497 e. The molecule has 148 valence electrons. The van der Waals surface area contributed by atoms with E-state index in [0.717, 1.165) is 0 Å². The topological polar surface area (TPSA) is 87.7 Å². The second-order valence-electron chi connectivity index (χ2n) is 6.32. The van der Waals surface area contributed by atoms with Crippen LogP contribution in [0.3, 0.4) is 0 Å². The Morgan fingerprint density at radius 3 is 2.25 bits per heavy atom. The van der Waals surface area contributed by atoms with Crippen molar-refractivity contribution in [1.29, 1.82) is 0 Å². The first-order valence-electron chi connectivity index (χ1n) is 8.28. The van der Waals surface area contributed by atoms with Crippen molar-refractivity contribution in [1.82, 2.24) is 10.6 Å². The number of methoxy groups -OCH3 is 1. The molecule has 9 heteroatoms. The lowest BCUT2D eigenvalue weighted by Gasteiger charge is -2.45. The number of Topliss-reactive ketones (excluding diaryl/α,β-unsaturated/α-hetero) is 1. The average molecular weight is 394 g/mol. The highest BCUT2D eigenvalue weighted by molar-refractivity contribution is 6.00. The third-order valence-electron chi connectivity index (χ3n) is 4.62. The van der Waals surface area contributed by atoms with Gasteiger partial charge >= 0.3 is 12.2 Å². The normalized spacial score (nSPS) is 24.8. The molecule has 2 amide bonds. The Morgan fingerprint density at radius 1 is 1.11 bits per heavy atom. The molecule has 6 nitrogen and oxygen atoms in total. The van der Waals surface area contributed by atoms with Gasteiger partial charge in [-0.15, -0.1) is 0 Å². The number of carbonyl (C=O) groups is 2. The average Bonchev–Trinajstić information content (AvgIpc) is 2.67. The van der Waals surface area contributed by atoms with Gasteiger partial charge in [-0.05, 0) is 17.7 Å². The SMILES string of the molecule is COc1ccc([C@H]2NC(=O)N[C@@](O)(C(F)(F)F)[C@H]2C(=O)c2ccccc2)cc1. The van der Waals surface area contributed by atoms with E-state index >= 15 is 0 Å². The van der Waals surface area contributed by atoms with E-state index in [2.05, 4.69) is 5.32 Å². The van der Waals surface area contributed by atoms with E-state index in [4.69, 9.17) is 4.74 Å². The standard InChI is InChI=1S/C19H17F3N2O4/c1-28-13-9-7-11(8-10-13)15-14(16(25)12-5-3-2-4-6-12)18(27,19(20,21)22)24-17(26)23-15/h2-10,14-15,27H,1H3,(H2,23,24,26)/t14-,15-,18+/m1/s1. The fourth-order valence-corrected chi connectivity index (χ4v) is 3.21. The Balaban J connectivity index is 2.13. The molecule has 2 aromatic rings. The highest BCUT2D eigenvalue weighted by atomic mass is 19.4. The molecule has 3 N–H and O–H groups in total. The molecular weight excluding hydrogens is 377 g/mol. The summed E-state index contributed by atoms with van der Waals surface area (Å²) in [6.45, 7) is 0. The lowest BCUT2D eigenvalue weighted by atomic mass is 9.77. The van der Waals surface area contributed by atoms with Crippen LogP contribution in [-0.4, -0.2) is 35.9 Å². The number of alkyl halides is 3. The van der Waals surface area contributed by atoms with E-state index in [0.29, 0.717) is 5.75 Å². The zero-order valence-electron chi connectivity index (χ0n) is 14.7. The van der Waals surface area contributed by atoms with Crippen LogP contribution in [0.1, 0.15) is 22.0 Å². The van der Waals surface area contributed by atoms with Gasteiger partial charge in [0, 0.05) is 5.56 Å². The Labute approximate surface area is 158 Å². The van der Waals surface area contributed by atoms with E-state index in [1.165, 1.54) is 61.0 Å². The number of aliphatic hydroxyl groups is 1. The monoisotopic (exact) mass is 394 g/mol. The molecule has 1 saturated heterocycles. The van der Waals surface area contributed by atoms with E-state index in [1.54, 1.807) is 6.07 Å². The lowest BCUT2D eigenvalue weighted by molar-refractivity contribution is -0.287. The van der Waals surface area contributed by atoms with Gasteiger partial charge in [0.1, 0.15) is 11.7 Å². The molecule has 1 heterocycles. The maximum absolute atomic E-state index is 13.8. The highest BCUT2D eigenvalue weighted by Gasteiger charge is 2.66. The minimum absolute atomic E-state index is 0.0216. The number of nitrogens with one attached hydrogen (secondary N) is 2. The van der Waals surface area contributed by atoms with Crippen LogP contribution in [0.25, 0.3) is 0 Å². The van der Waals surface area contributed by atoms with Crippen LogP contribution in [-0.2, 0) is 0 Å². The molecule has 1 aliphatic heterocycles. The van der Waals surface area contributed by atoms with Crippen LogP contribution < -0.4 is 15.4 Å².